The fourth-order valence-corrected chi connectivity index (χ4v) is 2.79. The van der Waals surface area contributed by atoms with E-state index in [1.54, 1.807) is 36.4 Å². The third-order valence-corrected chi connectivity index (χ3v) is 3.99. The van der Waals surface area contributed by atoms with E-state index >= 15 is 0 Å². The van der Waals surface area contributed by atoms with Crippen molar-refractivity contribution in [2.75, 3.05) is 14.2 Å². The van der Waals surface area contributed by atoms with Crippen LogP contribution in [0.3, 0.4) is 0 Å². The lowest BCUT2D eigenvalue weighted by Gasteiger charge is -2.08. The lowest BCUT2D eigenvalue weighted by molar-refractivity contribution is -0.355. The molecule has 0 aliphatic carbocycles. The Labute approximate surface area is 135 Å². The number of rotatable bonds is 3. The molecule has 0 fully saturated rings. The van der Waals surface area contributed by atoms with Gasteiger partial charge in [-0.15, -0.1) is 0 Å². The first-order valence-electron chi connectivity index (χ1n) is 6.47. The van der Waals surface area contributed by atoms with E-state index in [0.29, 0.717) is 33.1 Å². The topological polar surface area (TPSA) is 61.6 Å². The fourth-order valence-electron chi connectivity index (χ4n) is 2.44. The molecule has 0 saturated heterocycles. The summed E-state index contributed by atoms with van der Waals surface area (Å²) in [4.78, 5) is 12.5. The van der Waals surface area contributed by atoms with Crippen molar-refractivity contribution < 1.29 is 19.0 Å². The van der Waals surface area contributed by atoms with E-state index in [1.165, 1.54) is 14.2 Å². The van der Waals surface area contributed by atoms with Gasteiger partial charge in [0.15, 0.2) is 11.5 Å². The highest BCUT2D eigenvalue weighted by Crippen LogP contribution is 2.33. The van der Waals surface area contributed by atoms with Crippen molar-refractivity contribution in [1.29, 1.82) is 0 Å². The van der Waals surface area contributed by atoms with Gasteiger partial charge in [-0.25, -0.2) is 0 Å². The Hall–Kier alpha value is -2.34. The summed E-state index contributed by atoms with van der Waals surface area (Å²) in [6.45, 7) is 0. The second-order valence-corrected chi connectivity index (χ2v) is 5.62. The van der Waals surface area contributed by atoms with Gasteiger partial charge in [0, 0.05) is 10.5 Å². The maximum atomic E-state index is 12.5. The maximum absolute atomic E-state index is 12.5. The average Bonchev–Trinajstić information content (AvgIpc) is 2.77. The van der Waals surface area contributed by atoms with Gasteiger partial charge in [-0.2, -0.15) is 4.74 Å². The van der Waals surface area contributed by atoms with Crippen molar-refractivity contribution in [2.45, 2.75) is 0 Å². The van der Waals surface area contributed by atoms with Crippen molar-refractivity contribution in [3.05, 3.63) is 57.2 Å². The normalized spacial score (nSPS) is 13.3. The molecule has 5 nitrogen and oxygen atoms in total. The zero-order valence-electron chi connectivity index (χ0n) is 11.9. The summed E-state index contributed by atoms with van der Waals surface area (Å²) in [7, 11) is 3.03. The number of benzene rings is 2. The highest BCUT2D eigenvalue weighted by molar-refractivity contribution is 9.10. The highest BCUT2D eigenvalue weighted by Gasteiger charge is 2.37. The predicted octanol–water partition coefficient (Wildman–Crippen LogP) is 3.29. The zero-order valence-corrected chi connectivity index (χ0v) is 13.5. The molecule has 0 saturated carbocycles. The lowest BCUT2D eigenvalue weighted by Crippen LogP contribution is -2.16. The summed E-state index contributed by atoms with van der Waals surface area (Å²) in [6.07, 6.45) is 0. The number of methoxy groups -OCH3 is 2. The molecule has 0 radical (unpaired) electrons. The minimum Gasteiger partial charge on any atom is -0.618 e. The summed E-state index contributed by atoms with van der Waals surface area (Å²) in [6, 6.07) is 9.97. The molecule has 1 heterocycles. The number of fused-ring (bicyclic) bond motifs is 1. The van der Waals surface area contributed by atoms with Crippen LogP contribution in [0.4, 0.5) is 5.69 Å². The highest BCUT2D eigenvalue weighted by atomic mass is 79.9. The summed E-state index contributed by atoms with van der Waals surface area (Å²) in [5.41, 5.74) is 1.30. The molecule has 22 heavy (non-hydrogen) atoms. The first kappa shape index (κ1) is 14.6. The van der Waals surface area contributed by atoms with E-state index in [0.717, 1.165) is 4.47 Å². The quantitative estimate of drug-likeness (QED) is 0.621. The van der Waals surface area contributed by atoms with Crippen LogP contribution in [-0.2, 0) is 0 Å². The minimum atomic E-state index is -0.301. The number of nitrogens with zero attached hydrogens (tertiary/aromatic N) is 1. The van der Waals surface area contributed by atoms with E-state index in [2.05, 4.69) is 15.9 Å². The van der Waals surface area contributed by atoms with Gasteiger partial charge in [0.05, 0.1) is 19.8 Å². The molecule has 2 aromatic rings. The first-order valence-corrected chi connectivity index (χ1v) is 7.27. The Morgan fingerprint density at radius 2 is 1.77 bits per heavy atom. The van der Waals surface area contributed by atoms with Gasteiger partial charge in [-0.05, 0) is 30.3 Å². The Morgan fingerprint density at radius 1 is 1.05 bits per heavy atom. The second-order valence-electron chi connectivity index (χ2n) is 4.70. The number of ether oxygens (including phenoxy) is 2. The zero-order chi connectivity index (χ0) is 15.9. The van der Waals surface area contributed by atoms with Gasteiger partial charge >= 0.3 is 0 Å². The van der Waals surface area contributed by atoms with Crippen LogP contribution in [0.25, 0.3) is 0 Å². The summed E-state index contributed by atoms with van der Waals surface area (Å²) in [5.74, 6) is 0.700. The van der Waals surface area contributed by atoms with Gasteiger partial charge in [0.1, 0.15) is 5.56 Å². The number of hydrogen-bond acceptors (Lipinski definition) is 4. The van der Waals surface area contributed by atoms with Crippen LogP contribution in [0.15, 0.2) is 40.9 Å². The Bertz CT molecular complexity index is 814. The molecule has 112 valence electrons. The van der Waals surface area contributed by atoms with Gasteiger partial charge in [0.25, 0.3) is 11.5 Å². The fraction of sp³-hybridized carbons (Fsp3) is 0.125. The number of Topliss-reactive ketones (excluding diaryl/α,β-unsaturated/α-hetero) is 1. The van der Waals surface area contributed by atoms with Crippen LogP contribution < -0.4 is 9.47 Å². The Morgan fingerprint density at radius 3 is 2.45 bits per heavy atom. The monoisotopic (exact) mass is 361 g/mol. The number of ketones is 1. The molecular weight excluding hydrogens is 350 g/mol. The van der Waals surface area contributed by atoms with Crippen molar-refractivity contribution in [3.8, 4) is 11.5 Å². The van der Waals surface area contributed by atoms with Gasteiger partial charge in [-0.1, -0.05) is 15.9 Å². The molecule has 0 aromatic heterocycles. The largest absolute Gasteiger partial charge is 0.618 e. The van der Waals surface area contributed by atoms with Gasteiger partial charge in [0.2, 0.25) is 5.69 Å². The molecule has 0 unspecified atom stereocenters. The van der Waals surface area contributed by atoms with Crippen LogP contribution in [0.5, 0.6) is 11.5 Å². The molecule has 0 spiro atoms. The number of carbonyl (C=O) groups is 1. The van der Waals surface area contributed by atoms with E-state index in [1.807, 2.05) is 0 Å². The van der Waals surface area contributed by atoms with Gasteiger partial charge < -0.3 is 14.7 Å². The molecule has 1 aliphatic heterocycles. The van der Waals surface area contributed by atoms with E-state index in [4.69, 9.17) is 9.47 Å². The van der Waals surface area contributed by atoms with E-state index < -0.39 is 0 Å². The minimum absolute atomic E-state index is 0.0778. The second kappa shape index (κ2) is 5.46. The number of halogens is 1. The van der Waals surface area contributed by atoms with Crippen molar-refractivity contribution >= 4 is 33.1 Å². The Kier molecular flexibility index (Phi) is 3.62. The molecule has 6 heteroatoms. The van der Waals surface area contributed by atoms with Crippen molar-refractivity contribution in [3.63, 3.8) is 0 Å². The van der Waals surface area contributed by atoms with Crippen molar-refractivity contribution in [2.24, 2.45) is 0 Å². The summed E-state index contributed by atoms with van der Waals surface area (Å²) < 4.78 is 11.8. The van der Waals surface area contributed by atoms with Crippen LogP contribution in [0.2, 0.25) is 0 Å². The van der Waals surface area contributed by atoms with E-state index in [-0.39, 0.29) is 11.5 Å². The predicted molar refractivity (Wildman–Crippen MR) is 85.4 cm³/mol. The van der Waals surface area contributed by atoms with Crippen LogP contribution in [0, 0.1) is 5.21 Å². The lowest BCUT2D eigenvalue weighted by atomic mass is 10.0. The van der Waals surface area contributed by atoms with Crippen LogP contribution in [-0.4, -0.2) is 30.5 Å². The van der Waals surface area contributed by atoms with Gasteiger partial charge in [-0.3, -0.25) is 4.79 Å². The molecule has 0 amide bonds. The summed E-state index contributed by atoms with van der Waals surface area (Å²) >= 11 is 3.31. The summed E-state index contributed by atoms with van der Waals surface area (Å²) in [5, 5.41) is 12.5. The maximum Gasteiger partial charge on any atom is 0.273 e. The number of carbonyl (C=O) groups excluding carboxylic acids is 1. The van der Waals surface area contributed by atoms with Crippen LogP contribution >= 0.6 is 15.9 Å². The molecule has 0 atom stereocenters. The Balaban J connectivity index is 2.15. The molecule has 3 rings (SSSR count). The average molecular weight is 362 g/mol. The molecule has 2 aromatic carbocycles. The number of hydrogen-bond donors (Lipinski definition) is 0. The van der Waals surface area contributed by atoms with Crippen molar-refractivity contribution in [1.82, 2.24) is 0 Å². The third kappa shape index (κ3) is 2.16. The molecule has 0 bridgehead atoms. The standard InChI is InChI=1S/C16H12BrNO4/c1-21-13-6-3-9(7-14(13)22-2)15-16(19)11-5-4-10(17)8-12(11)18(15)20/h3-8H,1-2H3. The molecular formula is C16H12BrNO4. The molecule has 0 N–H and O–H groups in total. The first-order chi connectivity index (χ1) is 10.6. The smallest absolute Gasteiger partial charge is 0.273 e. The van der Waals surface area contributed by atoms with Crippen LogP contribution in [0.1, 0.15) is 15.9 Å². The SMILES string of the molecule is COc1ccc(C2=[N+]([O-])c3cc(Br)ccc3C2=O)cc1OC. The molecule has 1 aliphatic rings. The third-order valence-electron chi connectivity index (χ3n) is 3.50. The van der Waals surface area contributed by atoms with E-state index in [9.17, 15) is 10.0 Å².